The van der Waals surface area contributed by atoms with Crippen molar-refractivity contribution < 1.29 is 9.59 Å². The fraction of sp³-hybridized carbons (Fsp3) is 0.176. The lowest BCUT2D eigenvalue weighted by Gasteiger charge is -2.09. The van der Waals surface area contributed by atoms with Crippen LogP contribution in [-0.2, 0) is 4.79 Å². The number of amides is 1. The van der Waals surface area contributed by atoms with Crippen LogP contribution in [0, 0.1) is 0 Å². The van der Waals surface area contributed by atoms with Gasteiger partial charge in [0.1, 0.15) is 0 Å². The molecule has 1 amide bonds. The third-order valence-electron chi connectivity index (χ3n) is 3.15. The van der Waals surface area contributed by atoms with E-state index in [-0.39, 0.29) is 18.1 Å². The maximum absolute atomic E-state index is 11.9. The smallest absolute Gasteiger partial charge is 0.226 e. The van der Waals surface area contributed by atoms with Gasteiger partial charge in [0.15, 0.2) is 5.78 Å². The average Bonchev–Trinajstić information content (AvgIpc) is 2.49. The van der Waals surface area contributed by atoms with Crippen LogP contribution >= 0.6 is 23.2 Å². The fourth-order valence-electron chi connectivity index (χ4n) is 1.98. The first-order chi connectivity index (χ1) is 11.0. The highest BCUT2D eigenvalue weighted by Crippen LogP contribution is 2.25. The summed E-state index contributed by atoms with van der Waals surface area (Å²) in [5.41, 5.74) is 1.89. The molecule has 2 aromatic carbocycles. The third-order valence-corrected chi connectivity index (χ3v) is 3.70. The lowest BCUT2D eigenvalue weighted by atomic mass is 10.1. The Morgan fingerprint density at radius 2 is 1.87 bits per heavy atom. The van der Waals surface area contributed by atoms with Crippen LogP contribution in [-0.4, -0.2) is 18.2 Å². The topological polar surface area (TPSA) is 58.2 Å². The number of benzene rings is 2. The third kappa shape index (κ3) is 5.27. The molecule has 120 valence electrons. The summed E-state index contributed by atoms with van der Waals surface area (Å²) in [6, 6.07) is 12.0. The number of halogens is 2. The van der Waals surface area contributed by atoms with Gasteiger partial charge < -0.3 is 10.6 Å². The van der Waals surface area contributed by atoms with E-state index in [1.807, 2.05) is 0 Å². The Bertz CT molecular complexity index is 732. The minimum absolute atomic E-state index is 0.0415. The lowest BCUT2D eigenvalue weighted by molar-refractivity contribution is -0.115. The zero-order valence-corrected chi connectivity index (χ0v) is 14.0. The lowest BCUT2D eigenvalue weighted by Crippen LogP contribution is -2.16. The number of hydrogen-bond acceptors (Lipinski definition) is 3. The number of carbonyl (C=O) groups excluding carboxylic acids is 2. The van der Waals surface area contributed by atoms with Crippen molar-refractivity contribution in [1.29, 1.82) is 0 Å². The number of carbonyl (C=O) groups is 2. The van der Waals surface area contributed by atoms with Crippen molar-refractivity contribution in [1.82, 2.24) is 0 Å². The van der Waals surface area contributed by atoms with Gasteiger partial charge >= 0.3 is 0 Å². The fourth-order valence-corrected chi connectivity index (χ4v) is 2.46. The molecule has 2 rings (SSSR count). The minimum Gasteiger partial charge on any atom is -0.383 e. The van der Waals surface area contributed by atoms with Crippen LogP contribution < -0.4 is 10.6 Å². The molecule has 6 heteroatoms. The van der Waals surface area contributed by atoms with Crippen molar-refractivity contribution in [3.05, 3.63) is 58.1 Å². The molecular formula is C17H16Cl2N2O2. The molecule has 23 heavy (non-hydrogen) atoms. The second-order valence-corrected chi connectivity index (χ2v) is 5.83. The van der Waals surface area contributed by atoms with E-state index in [9.17, 15) is 9.59 Å². The predicted molar refractivity (Wildman–Crippen MR) is 94.6 cm³/mol. The number of nitrogens with one attached hydrogen (secondary N) is 2. The number of ketones is 1. The summed E-state index contributed by atoms with van der Waals surface area (Å²) in [6.45, 7) is 1.92. The quantitative estimate of drug-likeness (QED) is 0.746. The molecule has 0 aliphatic carbocycles. The number of rotatable bonds is 6. The maximum Gasteiger partial charge on any atom is 0.226 e. The van der Waals surface area contributed by atoms with Crippen molar-refractivity contribution in [2.45, 2.75) is 13.3 Å². The SMILES string of the molecule is CC(=O)c1cccc(NC(=O)CCNc2ccc(Cl)cc2Cl)c1. The van der Waals surface area contributed by atoms with Crippen LogP contribution in [0.5, 0.6) is 0 Å². The van der Waals surface area contributed by atoms with E-state index < -0.39 is 0 Å². The van der Waals surface area contributed by atoms with Crippen LogP contribution in [0.4, 0.5) is 11.4 Å². The zero-order valence-electron chi connectivity index (χ0n) is 12.5. The Morgan fingerprint density at radius 1 is 1.09 bits per heavy atom. The highest BCUT2D eigenvalue weighted by molar-refractivity contribution is 6.36. The summed E-state index contributed by atoms with van der Waals surface area (Å²) in [5.74, 6) is -0.191. The van der Waals surface area contributed by atoms with Gasteiger partial charge in [-0.3, -0.25) is 9.59 Å². The van der Waals surface area contributed by atoms with E-state index in [4.69, 9.17) is 23.2 Å². The first-order valence-electron chi connectivity index (χ1n) is 7.05. The Kier molecular flexibility index (Phi) is 6.02. The van der Waals surface area contributed by atoms with Crippen LogP contribution in [0.3, 0.4) is 0 Å². The van der Waals surface area contributed by atoms with Crippen LogP contribution in [0.2, 0.25) is 10.0 Å². The van der Waals surface area contributed by atoms with Gasteiger partial charge in [0.25, 0.3) is 0 Å². The van der Waals surface area contributed by atoms with E-state index in [0.29, 0.717) is 27.8 Å². The van der Waals surface area contributed by atoms with E-state index in [2.05, 4.69) is 10.6 Å². The Hall–Kier alpha value is -2.04. The van der Waals surface area contributed by atoms with Gasteiger partial charge in [-0.25, -0.2) is 0 Å². The molecule has 4 nitrogen and oxygen atoms in total. The second kappa shape index (κ2) is 7.99. The van der Waals surface area contributed by atoms with Gasteiger partial charge in [0.05, 0.1) is 10.7 Å². The molecule has 2 N–H and O–H groups in total. The standard InChI is InChI=1S/C17H16Cl2N2O2/c1-11(22)12-3-2-4-14(9-12)21-17(23)7-8-20-16-6-5-13(18)10-15(16)19/h2-6,9-10,20H,7-8H2,1H3,(H,21,23). The molecule has 0 fully saturated rings. The molecule has 0 saturated heterocycles. The normalized spacial score (nSPS) is 10.2. The second-order valence-electron chi connectivity index (χ2n) is 4.99. The van der Waals surface area contributed by atoms with Crippen molar-refractivity contribution >= 4 is 46.3 Å². The number of anilines is 2. The molecule has 0 aliphatic heterocycles. The summed E-state index contributed by atoms with van der Waals surface area (Å²) >= 11 is 11.9. The predicted octanol–water partition coefficient (Wildman–Crippen LogP) is 4.64. The van der Waals surface area contributed by atoms with Crippen LogP contribution in [0.1, 0.15) is 23.7 Å². The monoisotopic (exact) mass is 350 g/mol. The van der Waals surface area contributed by atoms with Gasteiger partial charge in [-0.15, -0.1) is 0 Å². The van der Waals surface area contributed by atoms with E-state index >= 15 is 0 Å². The molecule has 0 spiro atoms. The van der Waals surface area contributed by atoms with Gasteiger partial charge in [-0.2, -0.15) is 0 Å². The summed E-state index contributed by atoms with van der Waals surface area (Å²) < 4.78 is 0. The molecule has 0 heterocycles. The maximum atomic E-state index is 11.9. The highest BCUT2D eigenvalue weighted by Gasteiger charge is 2.06. The van der Waals surface area contributed by atoms with Crippen molar-refractivity contribution in [3.8, 4) is 0 Å². The average molecular weight is 351 g/mol. The van der Waals surface area contributed by atoms with Gasteiger partial charge in [0.2, 0.25) is 5.91 Å². The molecule has 0 aliphatic rings. The van der Waals surface area contributed by atoms with E-state index in [1.54, 1.807) is 42.5 Å². The van der Waals surface area contributed by atoms with Gasteiger partial charge in [-0.05, 0) is 37.3 Å². The first kappa shape index (κ1) is 17.3. The zero-order chi connectivity index (χ0) is 16.8. The molecule has 0 radical (unpaired) electrons. The molecule has 0 saturated carbocycles. The molecule has 0 unspecified atom stereocenters. The molecule has 2 aromatic rings. The Labute approximate surface area is 144 Å². The molecular weight excluding hydrogens is 335 g/mol. The summed E-state index contributed by atoms with van der Waals surface area (Å²) in [4.78, 5) is 23.3. The van der Waals surface area contributed by atoms with E-state index in [0.717, 1.165) is 5.69 Å². The minimum atomic E-state index is -0.150. The Balaban J connectivity index is 1.85. The molecule has 0 bridgehead atoms. The summed E-state index contributed by atoms with van der Waals surface area (Å²) in [7, 11) is 0. The number of hydrogen-bond donors (Lipinski definition) is 2. The van der Waals surface area contributed by atoms with Crippen LogP contribution in [0.25, 0.3) is 0 Å². The molecule has 0 atom stereocenters. The van der Waals surface area contributed by atoms with Crippen LogP contribution in [0.15, 0.2) is 42.5 Å². The molecule has 0 aromatic heterocycles. The largest absolute Gasteiger partial charge is 0.383 e. The highest BCUT2D eigenvalue weighted by atomic mass is 35.5. The van der Waals surface area contributed by atoms with Gasteiger partial charge in [0, 0.05) is 29.2 Å². The van der Waals surface area contributed by atoms with Crippen molar-refractivity contribution in [2.75, 3.05) is 17.2 Å². The number of Topliss-reactive ketones (excluding diaryl/α,β-unsaturated/α-hetero) is 1. The summed E-state index contributed by atoms with van der Waals surface area (Å²) in [5, 5.41) is 6.91. The van der Waals surface area contributed by atoms with E-state index in [1.165, 1.54) is 6.92 Å². The van der Waals surface area contributed by atoms with Gasteiger partial charge in [-0.1, -0.05) is 35.3 Å². The first-order valence-corrected chi connectivity index (χ1v) is 7.81. The summed E-state index contributed by atoms with van der Waals surface area (Å²) in [6.07, 6.45) is 0.267. The van der Waals surface area contributed by atoms with Crippen molar-refractivity contribution in [3.63, 3.8) is 0 Å². The van der Waals surface area contributed by atoms with Crippen molar-refractivity contribution in [2.24, 2.45) is 0 Å². The Morgan fingerprint density at radius 3 is 2.57 bits per heavy atom.